The molecule has 0 bridgehead atoms. The van der Waals surface area contributed by atoms with Gasteiger partial charge < -0.3 is 89.9 Å². The highest BCUT2D eigenvalue weighted by Crippen LogP contribution is 2.32. The molecule has 3 heterocycles. The number of unbranched alkanes of at least 4 members (excludes halogenated alkanes) is 8. The van der Waals surface area contributed by atoms with Gasteiger partial charge in [0.05, 0.1) is 38.6 Å². The van der Waals surface area contributed by atoms with Crippen LogP contribution in [0.25, 0.3) is 0 Å². The van der Waals surface area contributed by atoms with Gasteiger partial charge in [0, 0.05) is 6.42 Å². The molecule has 0 aromatic carbocycles. The van der Waals surface area contributed by atoms with Crippen LogP contribution >= 0.6 is 0 Å². The molecule has 0 aliphatic carbocycles. The van der Waals surface area contributed by atoms with Crippen molar-refractivity contribution in [1.82, 2.24) is 5.32 Å². The van der Waals surface area contributed by atoms with Crippen molar-refractivity contribution in [3.8, 4) is 0 Å². The molecule has 3 saturated heterocycles. The zero-order valence-electron chi connectivity index (χ0n) is 36.1. The molecule has 19 heteroatoms. The van der Waals surface area contributed by atoms with E-state index in [1.165, 1.54) is 25.7 Å². The predicted molar refractivity (Wildman–Crippen MR) is 222 cm³/mol. The maximum Gasteiger partial charge on any atom is 0.220 e. The highest BCUT2D eigenvalue weighted by atomic mass is 16.8. The molecule has 360 valence electrons. The molecule has 0 aromatic rings. The van der Waals surface area contributed by atoms with E-state index in [0.29, 0.717) is 12.8 Å². The number of nitrogens with one attached hydrogen (secondary N) is 1. The first-order valence-electron chi connectivity index (χ1n) is 22.2. The lowest BCUT2D eigenvalue weighted by molar-refractivity contribution is -0.379. The van der Waals surface area contributed by atoms with Crippen molar-refractivity contribution in [3.63, 3.8) is 0 Å². The van der Waals surface area contributed by atoms with Crippen LogP contribution in [0.15, 0.2) is 36.5 Å². The van der Waals surface area contributed by atoms with Gasteiger partial charge in [0.1, 0.15) is 73.2 Å². The van der Waals surface area contributed by atoms with Crippen molar-refractivity contribution < 1.29 is 89.4 Å². The summed E-state index contributed by atoms with van der Waals surface area (Å²) in [7, 11) is 0. The van der Waals surface area contributed by atoms with E-state index in [4.69, 9.17) is 28.4 Å². The van der Waals surface area contributed by atoms with Crippen molar-refractivity contribution in [3.05, 3.63) is 36.5 Å². The Kier molecular flexibility index (Phi) is 25.9. The minimum Gasteiger partial charge on any atom is -0.394 e. The minimum absolute atomic E-state index is 0.216. The van der Waals surface area contributed by atoms with Gasteiger partial charge in [0.2, 0.25) is 5.91 Å². The maximum absolute atomic E-state index is 12.8. The smallest absolute Gasteiger partial charge is 0.220 e. The molecule has 0 radical (unpaired) electrons. The first kappa shape index (κ1) is 54.3. The topological polar surface area (TPSA) is 307 Å². The quantitative estimate of drug-likeness (QED) is 0.0334. The van der Waals surface area contributed by atoms with Gasteiger partial charge >= 0.3 is 0 Å². The fraction of sp³-hybridized carbons (Fsp3) is 0.837. The zero-order chi connectivity index (χ0) is 45.6. The molecular weight excluding hydrogens is 818 g/mol. The number of hydrogen-bond donors (Lipinski definition) is 12. The molecule has 12 N–H and O–H groups in total. The average molecular weight is 894 g/mol. The van der Waals surface area contributed by atoms with E-state index in [1.54, 1.807) is 12.2 Å². The van der Waals surface area contributed by atoms with Gasteiger partial charge in [-0.3, -0.25) is 4.79 Å². The van der Waals surface area contributed by atoms with Gasteiger partial charge in [-0.2, -0.15) is 0 Å². The fourth-order valence-corrected chi connectivity index (χ4v) is 7.33. The van der Waals surface area contributed by atoms with Gasteiger partial charge in [-0.05, 0) is 44.9 Å². The number of carbonyl (C=O) groups is 1. The maximum atomic E-state index is 12.8. The fourth-order valence-electron chi connectivity index (χ4n) is 7.33. The molecule has 62 heavy (non-hydrogen) atoms. The standard InChI is InChI=1S/C43H75NO18/c1-3-5-7-8-9-10-11-12-13-14-15-16-17-19-20-27(48)26(44-31(49)21-18-6-4-2)25-57-41-37(55)34(52)39(29(23-46)59-41)62-43-38(56)35(53)40(30(24-47)60-43)61-42-36(54)33(51)32(50)28(22-45)58-42/h10-11,14-15,19-20,26-30,32-43,45-48,50-56H,3-9,12-13,16-18,21-25H2,1-2H3,(H,44,49)/b11-10+,15-14+,20-19+. The number of allylic oxidation sites excluding steroid dienone is 5. The second-order valence-electron chi connectivity index (χ2n) is 16.1. The molecule has 3 rings (SSSR count). The predicted octanol–water partition coefficient (Wildman–Crippen LogP) is -0.923. The average Bonchev–Trinajstić information content (AvgIpc) is 3.26. The van der Waals surface area contributed by atoms with Crippen molar-refractivity contribution in [2.24, 2.45) is 0 Å². The Morgan fingerprint density at radius 1 is 0.565 bits per heavy atom. The third-order valence-electron chi connectivity index (χ3n) is 11.2. The summed E-state index contributed by atoms with van der Waals surface area (Å²) in [4.78, 5) is 12.8. The largest absolute Gasteiger partial charge is 0.394 e. The summed E-state index contributed by atoms with van der Waals surface area (Å²) < 4.78 is 33.8. The number of hydrogen-bond acceptors (Lipinski definition) is 18. The molecule has 3 aliphatic heterocycles. The molecule has 0 spiro atoms. The van der Waals surface area contributed by atoms with E-state index in [9.17, 15) is 61.0 Å². The van der Waals surface area contributed by atoms with Crippen molar-refractivity contribution in [2.75, 3.05) is 26.4 Å². The molecule has 17 unspecified atom stereocenters. The van der Waals surface area contributed by atoms with Crippen LogP contribution in [0.4, 0.5) is 0 Å². The number of aliphatic hydroxyl groups excluding tert-OH is 11. The first-order chi connectivity index (χ1) is 29.8. The minimum atomic E-state index is -1.98. The van der Waals surface area contributed by atoms with Gasteiger partial charge in [-0.15, -0.1) is 0 Å². The second kappa shape index (κ2) is 29.5. The highest BCUT2D eigenvalue weighted by Gasteiger charge is 2.53. The van der Waals surface area contributed by atoms with Crippen molar-refractivity contribution in [2.45, 2.75) is 202 Å². The van der Waals surface area contributed by atoms with Crippen molar-refractivity contribution >= 4 is 5.91 Å². The Balaban J connectivity index is 1.58. The molecule has 17 atom stereocenters. The monoisotopic (exact) mass is 893 g/mol. The molecule has 3 aliphatic rings. The third kappa shape index (κ3) is 16.8. The lowest BCUT2D eigenvalue weighted by atomic mass is 9.96. The van der Waals surface area contributed by atoms with Crippen LogP contribution in [0.5, 0.6) is 0 Å². The Labute approximate surface area is 364 Å². The van der Waals surface area contributed by atoms with Crippen LogP contribution in [0.3, 0.4) is 0 Å². The Morgan fingerprint density at radius 3 is 1.58 bits per heavy atom. The summed E-state index contributed by atoms with van der Waals surface area (Å²) in [5.74, 6) is -0.320. The van der Waals surface area contributed by atoms with Crippen LogP contribution in [-0.2, 0) is 33.2 Å². The van der Waals surface area contributed by atoms with E-state index in [0.717, 1.165) is 38.5 Å². The van der Waals surface area contributed by atoms with Crippen molar-refractivity contribution in [1.29, 1.82) is 0 Å². The molecule has 3 fully saturated rings. The van der Waals surface area contributed by atoms with E-state index >= 15 is 0 Å². The first-order valence-corrected chi connectivity index (χ1v) is 22.2. The van der Waals surface area contributed by atoms with Gasteiger partial charge in [-0.25, -0.2) is 0 Å². The van der Waals surface area contributed by atoms with Crippen LogP contribution in [0.1, 0.15) is 97.3 Å². The van der Waals surface area contributed by atoms with E-state index in [1.807, 2.05) is 6.92 Å². The number of carbonyl (C=O) groups excluding carboxylic acids is 1. The lowest BCUT2D eigenvalue weighted by Crippen LogP contribution is -2.66. The molecule has 0 saturated carbocycles. The van der Waals surface area contributed by atoms with E-state index in [-0.39, 0.29) is 18.9 Å². The van der Waals surface area contributed by atoms with Gasteiger partial charge in [0.25, 0.3) is 0 Å². The summed E-state index contributed by atoms with van der Waals surface area (Å²) in [6.07, 6.45) is -2.88. The van der Waals surface area contributed by atoms with Gasteiger partial charge in [0.15, 0.2) is 18.9 Å². The number of amides is 1. The molecule has 0 aromatic heterocycles. The third-order valence-corrected chi connectivity index (χ3v) is 11.2. The number of ether oxygens (including phenoxy) is 6. The Bertz CT molecular complexity index is 1300. The molecular formula is C43H75NO18. The summed E-state index contributed by atoms with van der Waals surface area (Å²) >= 11 is 0. The van der Waals surface area contributed by atoms with Crippen LogP contribution in [0, 0.1) is 0 Å². The van der Waals surface area contributed by atoms with E-state index in [2.05, 4.69) is 36.5 Å². The highest BCUT2D eigenvalue weighted by molar-refractivity contribution is 5.76. The molecule has 19 nitrogen and oxygen atoms in total. The summed E-state index contributed by atoms with van der Waals surface area (Å²) in [5, 5.41) is 119. The molecule has 1 amide bonds. The SMILES string of the molecule is CCCCCC/C=C/CC/C=C/CC/C=C/C(O)C(COC1OC(CO)C(OC2OC(CO)C(OC3OC(CO)C(O)C(O)C3O)C(O)C2O)C(O)C1O)NC(=O)CCCCC. The van der Waals surface area contributed by atoms with E-state index < -0.39 is 124 Å². The van der Waals surface area contributed by atoms with Crippen LogP contribution < -0.4 is 5.32 Å². The zero-order valence-corrected chi connectivity index (χ0v) is 36.1. The van der Waals surface area contributed by atoms with Gasteiger partial charge in [-0.1, -0.05) is 82.4 Å². The normalized spacial score (nSPS) is 35.5. The van der Waals surface area contributed by atoms with Crippen LogP contribution in [-0.4, -0.2) is 193 Å². The van der Waals surface area contributed by atoms with Crippen LogP contribution in [0.2, 0.25) is 0 Å². The summed E-state index contributed by atoms with van der Waals surface area (Å²) in [5.41, 5.74) is 0. The number of rotatable bonds is 28. The summed E-state index contributed by atoms with van der Waals surface area (Å²) in [6, 6.07) is -0.986. The Morgan fingerprint density at radius 2 is 1.03 bits per heavy atom. The Hall–Kier alpha value is -1.99. The summed E-state index contributed by atoms with van der Waals surface area (Å²) in [6.45, 7) is 1.40. The lowest BCUT2D eigenvalue weighted by Gasteiger charge is -2.48. The second-order valence-corrected chi connectivity index (χ2v) is 16.1. The number of aliphatic hydroxyl groups is 11.